The molecule has 170 valence electrons. The van der Waals surface area contributed by atoms with Crippen LogP contribution < -0.4 is 10.7 Å². The fourth-order valence-corrected chi connectivity index (χ4v) is 4.41. The number of amides is 2. The van der Waals surface area contributed by atoms with E-state index < -0.39 is 58.1 Å². The van der Waals surface area contributed by atoms with E-state index in [2.05, 4.69) is 5.32 Å². The number of pyridine rings is 1. The monoisotopic (exact) mass is 449 g/mol. The van der Waals surface area contributed by atoms with Crippen LogP contribution in [0.2, 0.25) is 0 Å². The van der Waals surface area contributed by atoms with Crippen molar-refractivity contribution < 1.29 is 27.9 Å². The fourth-order valence-electron chi connectivity index (χ4n) is 4.41. The molecule has 1 aromatic heterocycles. The number of nitrogens with one attached hydrogen (secondary N) is 1. The minimum absolute atomic E-state index is 0.0702. The zero-order valence-corrected chi connectivity index (χ0v) is 17.5. The molecule has 7 nitrogen and oxygen atoms in total. The van der Waals surface area contributed by atoms with E-state index in [0.717, 1.165) is 6.42 Å². The number of fused-ring (bicyclic) bond motifs is 4. The number of aromatic hydroxyl groups is 1. The quantitative estimate of drug-likeness (QED) is 0.754. The SMILES string of the molecule is C[C@@H]1CC[C@H]2CN(C(=O)c3c(O)c(=O)c(C(=O)NCc4c(F)cc(F)cc4F)cn32)[C@H]1C. The van der Waals surface area contributed by atoms with E-state index in [1.165, 1.54) is 10.8 Å². The topological polar surface area (TPSA) is 91.6 Å². The number of aromatic nitrogens is 1. The molecule has 2 aliphatic rings. The van der Waals surface area contributed by atoms with Crippen LogP contribution in [0.25, 0.3) is 0 Å². The lowest BCUT2D eigenvalue weighted by Gasteiger charge is -2.38. The molecule has 2 aromatic rings. The molecule has 0 saturated carbocycles. The molecule has 1 fully saturated rings. The van der Waals surface area contributed by atoms with E-state index in [4.69, 9.17) is 0 Å². The van der Waals surface area contributed by atoms with E-state index in [1.54, 1.807) is 4.90 Å². The summed E-state index contributed by atoms with van der Waals surface area (Å²) >= 11 is 0. The van der Waals surface area contributed by atoms with Gasteiger partial charge < -0.3 is 19.9 Å². The molecular weight excluding hydrogens is 427 g/mol. The predicted octanol–water partition coefficient (Wildman–Crippen LogP) is 2.72. The van der Waals surface area contributed by atoms with Gasteiger partial charge in [-0.2, -0.15) is 0 Å². The van der Waals surface area contributed by atoms with Crippen molar-refractivity contribution in [1.29, 1.82) is 0 Å². The highest BCUT2D eigenvalue weighted by atomic mass is 19.1. The molecule has 0 spiro atoms. The van der Waals surface area contributed by atoms with Gasteiger partial charge in [0.15, 0.2) is 11.4 Å². The smallest absolute Gasteiger partial charge is 0.274 e. The zero-order valence-electron chi connectivity index (χ0n) is 17.5. The molecule has 2 amide bonds. The van der Waals surface area contributed by atoms with Crippen LogP contribution in [0, 0.1) is 23.4 Å². The number of hydrogen-bond donors (Lipinski definition) is 2. The van der Waals surface area contributed by atoms with Crippen LogP contribution in [0.1, 0.15) is 59.1 Å². The van der Waals surface area contributed by atoms with Crippen molar-refractivity contribution in [3.8, 4) is 5.75 Å². The number of nitrogens with zero attached hydrogens (tertiary/aromatic N) is 2. The van der Waals surface area contributed by atoms with E-state index in [1.807, 2.05) is 13.8 Å². The highest BCUT2D eigenvalue weighted by molar-refractivity contribution is 5.99. The van der Waals surface area contributed by atoms with Crippen molar-refractivity contribution in [2.45, 2.75) is 45.3 Å². The van der Waals surface area contributed by atoms with Gasteiger partial charge in [-0.15, -0.1) is 0 Å². The van der Waals surface area contributed by atoms with Crippen molar-refractivity contribution in [3.63, 3.8) is 0 Å². The molecule has 10 heteroatoms. The Bertz CT molecular complexity index is 1160. The van der Waals surface area contributed by atoms with Crippen LogP contribution in [-0.2, 0) is 6.54 Å². The average Bonchev–Trinajstić information content (AvgIpc) is 2.85. The third-order valence-electron chi connectivity index (χ3n) is 6.52. The summed E-state index contributed by atoms with van der Waals surface area (Å²) in [5.74, 6) is -5.54. The van der Waals surface area contributed by atoms with Crippen LogP contribution in [0.4, 0.5) is 13.2 Å². The summed E-state index contributed by atoms with van der Waals surface area (Å²) in [7, 11) is 0. The summed E-state index contributed by atoms with van der Waals surface area (Å²) < 4.78 is 42.2. The molecule has 1 saturated heterocycles. The molecule has 0 unspecified atom stereocenters. The number of carbonyl (C=O) groups is 2. The number of hydrogen-bond acceptors (Lipinski definition) is 4. The minimum Gasteiger partial charge on any atom is -0.503 e. The molecule has 3 atom stereocenters. The maximum Gasteiger partial charge on any atom is 0.274 e. The summed E-state index contributed by atoms with van der Waals surface area (Å²) in [6.07, 6.45) is 2.70. The fraction of sp³-hybridized carbons (Fsp3) is 0.409. The first-order valence-corrected chi connectivity index (χ1v) is 10.3. The number of rotatable bonds is 3. The first-order chi connectivity index (χ1) is 15.1. The minimum atomic E-state index is -1.18. The van der Waals surface area contributed by atoms with E-state index >= 15 is 0 Å². The van der Waals surface area contributed by atoms with Crippen molar-refractivity contribution >= 4 is 11.8 Å². The van der Waals surface area contributed by atoms with E-state index in [-0.39, 0.29) is 23.7 Å². The van der Waals surface area contributed by atoms with Gasteiger partial charge in [0.2, 0.25) is 5.43 Å². The molecular formula is C22H22F3N3O4. The molecule has 32 heavy (non-hydrogen) atoms. The second-order valence-corrected chi connectivity index (χ2v) is 8.41. The largest absolute Gasteiger partial charge is 0.503 e. The summed E-state index contributed by atoms with van der Waals surface area (Å²) in [5, 5.41) is 12.7. The van der Waals surface area contributed by atoms with Crippen molar-refractivity contribution in [1.82, 2.24) is 14.8 Å². The zero-order chi connectivity index (χ0) is 23.3. The number of carbonyl (C=O) groups excluding carboxylic acids is 2. The maximum atomic E-state index is 13.8. The molecule has 4 rings (SSSR count). The Labute approximate surface area is 181 Å². The average molecular weight is 449 g/mol. The van der Waals surface area contributed by atoms with Gasteiger partial charge in [0.25, 0.3) is 11.8 Å². The van der Waals surface area contributed by atoms with Crippen LogP contribution in [0.5, 0.6) is 5.75 Å². The molecule has 0 radical (unpaired) electrons. The third kappa shape index (κ3) is 3.53. The molecule has 2 N–H and O–H groups in total. The van der Waals surface area contributed by atoms with Crippen LogP contribution in [0.3, 0.4) is 0 Å². The maximum absolute atomic E-state index is 13.8. The van der Waals surface area contributed by atoms with Crippen LogP contribution in [0.15, 0.2) is 23.1 Å². The van der Waals surface area contributed by atoms with Gasteiger partial charge >= 0.3 is 0 Å². The van der Waals surface area contributed by atoms with Crippen molar-refractivity contribution in [3.05, 3.63) is 62.8 Å². The second kappa shape index (κ2) is 7.99. The molecule has 3 heterocycles. The van der Waals surface area contributed by atoms with Crippen LogP contribution in [-0.4, -0.2) is 39.0 Å². The Kier molecular flexibility index (Phi) is 5.47. The van der Waals surface area contributed by atoms with Crippen molar-refractivity contribution in [2.24, 2.45) is 5.92 Å². The lowest BCUT2D eigenvalue weighted by Crippen LogP contribution is -2.48. The highest BCUT2D eigenvalue weighted by Crippen LogP contribution is 2.36. The summed E-state index contributed by atoms with van der Waals surface area (Å²) in [6, 6.07) is 0.657. The van der Waals surface area contributed by atoms with E-state index in [0.29, 0.717) is 25.1 Å². The molecule has 2 bridgehead atoms. The lowest BCUT2D eigenvalue weighted by atomic mass is 9.98. The summed E-state index contributed by atoms with van der Waals surface area (Å²) in [4.78, 5) is 40.0. The summed E-state index contributed by atoms with van der Waals surface area (Å²) in [5.41, 5.74) is -2.25. The second-order valence-electron chi connectivity index (χ2n) is 8.41. The Morgan fingerprint density at radius 3 is 2.47 bits per heavy atom. The van der Waals surface area contributed by atoms with Gasteiger partial charge in [-0.05, 0) is 25.7 Å². The molecule has 1 aromatic carbocycles. The van der Waals surface area contributed by atoms with Crippen LogP contribution >= 0.6 is 0 Å². The van der Waals surface area contributed by atoms with Crippen molar-refractivity contribution in [2.75, 3.05) is 6.54 Å². The number of benzene rings is 1. The van der Waals surface area contributed by atoms with Gasteiger partial charge in [0.1, 0.15) is 23.0 Å². The van der Waals surface area contributed by atoms with E-state index in [9.17, 15) is 32.7 Å². The predicted molar refractivity (Wildman–Crippen MR) is 108 cm³/mol. The highest BCUT2D eigenvalue weighted by Gasteiger charge is 2.40. The summed E-state index contributed by atoms with van der Waals surface area (Å²) in [6.45, 7) is 3.70. The van der Waals surface area contributed by atoms with Gasteiger partial charge in [-0.1, -0.05) is 6.92 Å². The first-order valence-electron chi connectivity index (χ1n) is 10.3. The first kappa shape index (κ1) is 21.9. The Morgan fingerprint density at radius 2 is 1.81 bits per heavy atom. The molecule has 2 aliphatic heterocycles. The van der Waals surface area contributed by atoms with Gasteiger partial charge in [-0.3, -0.25) is 14.4 Å². The Hall–Kier alpha value is -3.30. The number of halogens is 3. The van der Waals surface area contributed by atoms with Gasteiger partial charge in [0.05, 0.1) is 6.04 Å². The van der Waals surface area contributed by atoms with Gasteiger partial charge in [-0.25, -0.2) is 13.2 Å². The third-order valence-corrected chi connectivity index (χ3v) is 6.52. The Morgan fingerprint density at radius 1 is 1.16 bits per heavy atom. The normalized spacial score (nSPS) is 22.3. The molecule has 0 aliphatic carbocycles. The standard InChI is InChI=1S/C22H22F3N3O4/c1-10-3-4-13-8-27(11(10)2)22(32)18-20(30)19(29)15(9-28(13)18)21(31)26-7-14-16(24)5-12(23)6-17(14)25/h5-6,9-11,13,30H,3-4,7-8H2,1-2H3,(H,26,31)/t10-,11+,13+/m1/s1. The Balaban J connectivity index is 1.68. The lowest BCUT2D eigenvalue weighted by molar-refractivity contribution is 0.0570. The van der Waals surface area contributed by atoms with Gasteiger partial charge in [0, 0.05) is 43.0 Å².